The Hall–Kier alpha value is -1.58. The van der Waals surface area contributed by atoms with Gasteiger partial charge in [-0.05, 0) is 0 Å². The quantitative estimate of drug-likeness (QED) is 0.629. The first-order valence-corrected chi connectivity index (χ1v) is 8.36. The monoisotopic (exact) mass is 337 g/mol. The molecule has 1 aromatic carbocycles. The van der Waals surface area contributed by atoms with Crippen LogP contribution in [0.3, 0.4) is 0 Å². The van der Waals surface area contributed by atoms with Crippen LogP contribution in [0.5, 0.6) is 5.75 Å². The zero-order valence-corrected chi connectivity index (χ0v) is 13.1. The van der Waals surface area contributed by atoms with Gasteiger partial charge in [0.2, 0.25) is 0 Å². The molecule has 5 heteroatoms. The summed E-state index contributed by atoms with van der Waals surface area (Å²) in [5.74, 6) is 0.733. The first-order chi connectivity index (χ1) is 9.71. The van der Waals surface area contributed by atoms with Gasteiger partial charge in [-0.3, -0.25) is 0 Å². The minimum absolute atomic E-state index is 0.0244. The predicted molar refractivity (Wildman–Crippen MR) is 77.8 cm³/mol. The molecule has 1 unspecified atom stereocenters. The van der Waals surface area contributed by atoms with Crippen LogP contribution in [0.4, 0.5) is 0 Å². The van der Waals surface area contributed by atoms with Gasteiger partial charge in [0, 0.05) is 0 Å². The van der Waals surface area contributed by atoms with Crippen molar-refractivity contribution in [1.29, 1.82) is 0 Å². The second-order valence-corrected chi connectivity index (χ2v) is 7.07. The number of esters is 1. The molecule has 1 aliphatic rings. The Balaban J connectivity index is 1.93. The molecule has 1 aromatic heterocycles. The van der Waals surface area contributed by atoms with Crippen molar-refractivity contribution in [1.82, 2.24) is 4.98 Å². The Labute approximate surface area is 123 Å². The molecule has 0 fully saturated rings. The molecular formula is C15H15NO3Se. The molecule has 0 saturated heterocycles. The Bertz CT molecular complexity index is 671. The molecule has 1 aliphatic heterocycles. The van der Waals surface area contributed by atoms with Crippen molar-refractivity contribution in [3.8, 4) is 5.75 Å². The molecule has 0 amide bonds. The van der Waals surface area contributed by atoms with E-state index in [9.17, 15) is 4.79 Å². The van der Waals surface area contributed by atoms with E-state index in [-0.39, 0.29) is 25.7 Å². The van der Waals surface area contributed by atoms with Gasteiger partial charge in [-0.2, -0.15) is 0 Å². The molecule has 104 valence electrons. The van der Waals surface area contributed by atoms with Crippen molar-refractivity contribution in [2.24, 2.45) is 0 Å². The third kappa shape index (κ3) is 2.39. The second kappa shape index (κ2) is 5.43. The minimum atomic E-state index is -0.0906. The summed E-state index contributed by atoms with van der Waals surface area (Å²) in [6, 6.07) is 7.98. The van der Waals surface area contributed by atoms with Crippen LogP contribution in [0, 0.1) is 0 Å². The van der Waals surface area contributed by atoms with Gasteiger partial charge in [-0.1, -0.05) is 0 Å². The van der Waals surface area contributed by atoms with E-state index in [1.165, 1.54) is 5.56 Å². The molecule has 2 aromatic rings. The number of rotatable bonds is 3. The molecule has 20 heavy (non-hydrogen) atoms. The van der Waals surface area contributed by atoms with E-state index in [4.69, 9.17) is 9.47 Å². The summed E-state index contributed by atoms with van der Waals surface area (Å²) in [6.07, 6.45) is 0.744. The van der Waals surface area contributed by atoms with Crippen molar-refractivity contribution in [3.63, 3.8) is 0 Å². The van der Waals surface area contributed by atoms with Crippen molar-refractivity contribution < 1.29 is 14.3 Å². The Morgan fingerprint density at radius 1 is 1.45 bits per heavy atom. The molecule has 2 heterocycles. The first-order valence-electron chi connectivity index (χ1n) is 6.52. The van der Waals surface area contributed by atoms with Crippen molar-refractivity contribution >= 4 is 36.4 Å². The topological polar surface area (TPSA) is 48.4 Å². The maximum absolute atomic E-state index is 11.9. The van der Waals surface area contributed by atoms with E-state index in [0.717, 1.165) is 27.7 Å². The SMILES string of the molecule is CCOC(=O)C1Cc2cc3cc(OC)ccc3nc2[Se]1. The Morgan fingerprint density at radius 2 is 2.30 bits per heavy atom. The van der Waals surface area contributed by atoms with Gasteiger partial charge in [-0.15, -0.1) is 0 Å². The number of methoxy groups -OCH3 is 1. The molecular weight excluding hydrogens is 321 g/mol. The number of hydrogen-bond acceptors (Lipinski definition) is 4. The van der Waals surface area contributed by atoms with Crippen LogP contribution < -0.4 is 9.33 Å². The molecule has 0 spiro atoms. The van der Waals surface area contributed by atoms with E-state index in [1.54, 1.807) is 7.11 Å². The Kier molecular flexibility index (Phi) is 3.64. The molecule has 0 saturated carbocycles. The maximum atomic E-state index is 11.9. The summed E-state index contributed by atoms with van der Waals surface area (Å²) < 4.78 is 11.4. The van der Waals surface area contributed by atoms with Crippen LogP contribution >= 0.6 is 0 Å². The summed E-state index contributed by atoms with van der Waals surface area (Å²) in [5.41, 5.74) is 2.12. The number of aromatic nitrogens is 1. The number of benzene rings is 1. The number of ether oxygens (including phenoxy) is 2. The summed E-state index contributed by atoms with van der Waals surface area (Å²) in [4.78, 5) is 16.5. The zero-order chi connectivity index (χ0) is 14.1. The van der Waals surface area contributed by atoms with E-state index < -0.39 is 0 Å². The van der Waals surface area contributed by atoms with E-state index >= 15 is 0 Å². The average Bonchev–Trinajstić information content (AvgIpc) is 2.87. The van der Waals surface area contributed by atoms with Crippen LogP contribution in [0.15, 0.2) is 24.3 Å². The summed E-state index contributed by atoms with van der Waals surface area (Å²) in [5, 5.41) is 1.06. The summed E-state index contributed by atoms with van der Waals surface area (Å²) in [6.45, 7) is 2.28. The number of carbonyl (C=O) groups is 1. The van der Waals surface area contributed by atoms with Crippen LogP contribution in [0.1, 0.15) is 12.5 Å². The van der Waals surface area contributed by atoms with Crippen LogP contribution in [-0.4, -0.2) is 39.6 Å². The van der Waals surface area contributed by atoms with Crippen molar-refractivity contribution in [2.45, 2.75) is 18.2 Å². The fourth-order valence-corrected chi connectivity index (χ4v) is 4.69. The molecule has 0 N–H and O–H groups in total. The van der Waals surface area contributed by atoms with E-state index in [1.807, 2.05) is 25.1 Å². The van der Waals surface area contributed by atoms with Crippen LogP contribution in [0.2, 0.25) is 4.82 Å². The third-order valence-electron chi connectivity index (χ3n) is 3.27. The van der Waals surface area contributed by atoms with Crippen LogP contribution in [0.25, 0.3) is 10.9 Å². The van der Waals surface area contributed by atoms with E-state index in [0.29, 0.717) is 6.61 Å². The van der Waals surface area contributed by atoms with Crippen molar-refractivity contribution in [2.75, 3.05) is 13.7 Å². The van der Waals surface area contributed by atoms with E-state index in [2.05, 4.69) is 11.1 Å². The van der Waals surface area contributed by atoms with Gasteiger partial charge in [-0.25, -0.2) is 0 Å². The first kappa shape index (κ1) is 13.4. The Morgan fingerprint density at radius 3 is 3.05 bits per heavy atom. The molecule has 4 nitrogen and oxygen atoms in total. The molecule has 1 atom stereocenters. The van der Waals surface area contributed by atoms with Crippen molar-refractivity contribution in [3.05, 3.63) is 29.8 Å². The van der Waals surface area contributed by atoms with Gasteiger partial charge in [0.05, 0.1) is 0 Å². The molecule has 3 rings (SSSR count). The predicted octanol–water partition coefficient (Wildman–Crippen LogP) is 1.48. The normalized spacial score (nSPS) is 17.0. The number of fused-ring (bicyclic) bond motifs is 2. The number of hydrogen-bond donors (Lipinski definition) is 0. The second-order valence-electron chi connectivity index (χ2n) is 4.57. The average molecular weight is 336 g/mol. The fourth-order valence-electron chi connectivity index (χ4n) is 2.30. The summed E-state index contributed by atoms with van der Waals surface area (Å²) in [7, 11) is 1.65. The number of pyridine rings is 1. The fraction of sp³-hybridized carbons (Fsp3) is 0.333. The molecule has 0 aliphatic carbocycles. The van der Waals surface area contributed by atoms with Gasteiger partial charge in [0.25, 0.3) is 0 Å². The number of carbonyl (C=O) groups excluding carboxylic acids is 1. The summed E-state index contributed by atoms with van der Waals surface area (Å²) >= 11 is 0.0652. The van der Waals surface area contributed by atoms with Crippen LogP contribution in [-0.2, 0) is 16.0 Å². The van der Waals surface area contributed by atoms with Gasteiger partial charge in [0.1, 0.15) is 0 Å². The number of nitrogens with zero attached hydrogens (tertiary/aromatic N) is 1. The molecule has 0 bridgehead atoms. The van der Waals surface area contributed by atoms with Gasteiger partial charge >= 0.3 is 123 Å². The molecule has 0 radical (unpaired) electrons. The third-order valence-corrected chi connectivity index (χ3v) is 5.83. The van der Waals surface area contributed by atoms with Gasteiger partial charge in [0.15, 0.2) is 0 Å². The zero-order valence-electron chi connectivity index (χ0n) is 11.4. The standard InChI is InChI=1S/C15H15NO3Se/c1-3-19-15(17)13-8-10-6-9-7-11(18-2)4-5-12(9)16-14(10)20-13/h4-7,13H,3,8H2,1-2H3. The van der Waals surface area contributed by atoms with Gasteiger partial charge < -0.3 is 0 Å².